The second-order valence-corrected chi connectivity index (χ2v) is 9.76. The number of hydrogen-bond donors (Lipinski definition) is 1. The summed E-state index contributed by atoms with van der Waals surface area (Å²) in [6.07, 6.45) is 5.65. The number of rotatable bonds is 5. The summed E-state index contributed by atoms with van der Waals surface area (Å²) in [5.74, 6) is 2.23. The number of benzene rings is 3. The molecule has 1 heterocycles. The fourth-order valence-corrected chi connectivity index (χ4v) is 5.82. The highest BCUT2D eigenvalue weighted by Crippen LogP contribution is 2.52. The largest absolute Gasteiger partial charge is 0.493 e. The molecule has 0 saturated heterocycles. The van der Waals surface area contributed by atoms with Gasteiger partial charge in [0.1, 0.15) is 6.61 Å². The van der Waals surface area contributed by atoms with Crippen LogP contribution in [0.15, 0.2) is 71.2 Å². The number of aryl methyl sites for hydroxylation is 1. The van der Waals surface area contributed by atoms with Gasteiger partial charge in [0, 0.05) is 16.6 Å². The van der Waals surface area contributed by atoms with Gasteiger partial charge >= 0.3 is 0 Å². The molecule has 2 aliphatic rings. The van der Waals surface area contributed by atoms with Crippen molar-refractivity contribution < 1.29 is 9.47 Å². The topological polar surface area (TPSA) is 30.5 Å². The van der Waals surface area contributed by atoms with E-state index in [-0.39, 0.29) is 6.04 Å². The van der Waals surface area contributed by atoms with Crippen molar-refractivity contribution in [3.8, 4) is 11.5 Å². The molecule has 1 aliphatic carbocycles. The molecule has 164 valence electrons. The summed E-state index contributed by atoms with van der Waals surface area (Å²) in [5, 5.41) is 4.62. The molecule has 3 aromatic rings. The summed E-state index contributed by atoms with van der Waals surface area (Å²) < 4.78 is 12.8. The Morgan fingerprint density at radius 3 is 2.72 bits per heavy atom. The van der Waals surface area contributed by atoms with Crippen molar-refractivity contribution >= 4 is 33.2 Å². The van der Waals surface area contributed by atoms with Gasteiger partial charge in [0.2, 0.25) is 0 Å². The predicted molar refractivity (Wildman–Crippen MR) is 134 cm³/mol. The number of nitrogens with one attached hydrogen (secondary N) is 1. The number of hydrogen-bond acceptors (Lipinski definition) is 3. The Morgan fingerprint density at radius 2 is 1.94 bits per heavy atom. The number of anilines is 1. The van der Waals surface area contributed by atoms with Gasteiger partial charge in [0.15, 0.2) is 11.5 Å². The van der Waals surface area contributed by atoms with Crippen molar-refractivity contribution in [1.29, 1.82) is 0 Å². The molecule has 0 bridgehead atoms. The molecule has 3 nitrogen and oxygen atoms in total. The Balaban J connectivity index is 1.49. The fourth-order valence-electron chi connectivity index (χ4n) is 4.96. The first-order valence-electron chi connectivity index (χ1n) is 10.8. The second kappa shape index (κ2) is 8.84. The molecule has 0 spiro atoms. The van der Waals surface area contributed by atoms with Crippen molar-refractivity contribution in [2.45, 2.75) is 31.9 Å². The molecule has 3 atom stereocenters. The third kappa shape index (κ3) is 3.91. The van der Waals surface area contributed by atoms with Gasteiger partial charge in [-0.15, -0.1) is 0 Å². The number of allylic oxidation sites excluding steroid dienone is 2. The number of fused-ring (bicyclic) bond motifs is 3. The van der Waals surface area contributed by atoms with E-state index < -0.39 is 0 Å². The number of methoxy groups -OCH3 is 1. The minimum absolute atomic E-state index is 0.163. The van der Waals surface area contributed by atoms with Gasteiger partial charge in [0.25, 0.3) is 0 Å². The lowest BCUT2D eigenvalue weighted by Gasteiger charge is -2.38. The summed E-state index contributed by atoms with van der Waals surface area (Å²) in [4.78, 5) is 0. The highest BCUT2D eigenvalue weighted by atomic mass is 79.9. The normalized spacial score (nSPS) is 20.9. The lowest BCUT2D eigenvalue weighted by Crippen LogP contribution is -2.29. The lowest BCUT2D eigenvalue weighted by atomic mass is 9.76. The highest BCUT2D eigenvalue weighted by Gasteiger charge is 2.39. The van der Waals surface area contributed by atoms with Gasteiger partial charge < -0.3 is 14.8 Å². The van der Waals surface area contributed by atoms with E-state index in [1.165, 1.54) is 22.4 Å². The minimum Gasteiger partial charge on any atom is -0.493 e. The van der Waals surface area contributed by atoms with Gasteiger partial charge in [-0.1, -0.05) is 54.1 Å². The van der Waals surface area contributed by atoms with Crippen molar-refractivity contribution in [2.24, 2.45) is 5.92 Å². The van der Waals surface area contributed by atoms with Crippen molar-refractivity contribution in [3.63, 3.8) is 0 Å². The summed E-state index contributed by atoms with van der Waals surface area (Å²) in [6, 6.07) is 18.7. The summed E-state index contributed by atoms with van der Waals surface area (Å²) in [5.41, 5.74) is 5.94. The average molecular weight is 511 g/mol. The molecule has 5 rings (SSSR count). The molecule has 1 N–H and O–H groups in total. The van der Waals surface area contributed by atoms with Crippen LogP contribution in [0.3, 0.4) is 0 Å². The molecule has 0 fully saturated rings. The molecule has 32 heavy (non-hydrogen) atoms. The molecule has 0 unspecified atom stereocenters. The Kier molecular flexibility index (Phi) is 5.92. The van der Waals surface area contributed by atoms with Crippen LogP contribution in [0.5, 0.6) is 11.5 Å². The smallest absolute Gasteiger partial charge is 0.175 e. The van der Waals surface area contributed by atoms with E-state index >= 15 is 0 Å². The molecule has 0 aromatic heterocycles. The van der Waals surface area contributed by atoms with Crippen LogP contribution in [0.1, 0.15) is 40.6 Å². The second-order valence-electron chi connectivity index (χ2n) is 8.47. The van der Waals surface area contributed by atoms with Crippen LogP contribution in [0.2, 0.25) is 5.02 Å². The zero-order valence-corrected chi connectivity index (χ0v) is 20.4. The average Bonchev–Trinajstić information content (AvgIpc) is 3.28. The monoisotopic (exact) mass is 509 g/mol. The quantitative estimate of drug-likeness (QED) is 0.355. The zero-order chi connectivity index (χ0) is 22.2. The first-order chi connectivity index (χ1) is 15.5. The lowest BCUT2D eigenvalue weighted by molar-refractivity contribution is 0.282. The number of halogens is 2. The Hall–Kier alpha value is -2.43. The molecular formula is C27H25BrClNO2. The Labute approximate surface area is 202 Å². The van der Waals surface area contributed by atoms with Crippen LogP contribution >= 0.6 is 27.5 Å². The molecule has 0 saturated carbocycles. The standard InChI is InChI=1S/C27H25BrClNO2/c1-16-11-19(29)14-22-20-9-6-10-21(20)26(30-25(16)22)18-12-23(28)27(24(13-18)31-2)32-15-17-7-4-3-5-8-17/h3-9,11-14,20-21,26,30H,10,15H2,1-2H3/t20-,21-,26-/m0/s1. The van der Waals surface area contributed by atoms with E-state index in [9.17, 15) is 0 Å². The van der Waals surface area contributed by atoms with E-state index in [2.05, 4.69) is 70.7 Å². The third-order valence-corrected chi connectivity index (χ3v) is 7.27. The van der Waals surface area contributed by atoms with Gasteiger partial charge in [0.05, 0.1) is 17.6 Å². The van der Waals surface area contributed by atoms with E-state index in [0.29, 0.717) is 18.4 Å². The summed E-state index contributed by atoms with van der Waals surface area (Å²) in [6.45, 7) is 2.60. The van der Waals surface area contributed by atoms with E-state index in [0.717, 1.165) is 33.0 Å². The molecule has 0 amide bonds. The van der Waals surface area contributed by atoms with Crippen molar-refractivity contribution in [2.75, 3.05) is 12.4 Å². The SMILES string of the molecule is COc1cc([C@@H]2Nc3c(C)cc(Cl)cc3[C@H]3C=CC[C@@H]32)cc(Br)c1OCc1ccccc1. The van der Waals surface area contributed by atoms with Gasteiger partial charge in [-0.05, 0) is 81.7 Å². The van der Waals surface area contributed by atoms with Gasteiger partial charge in [-0.2, -0.15) is 0 Å². The maximum atomic E-state index is 6.39. The van der Waals surface area contributed by atoms with Gasteiger partial charge in [-0.3, -0.25) is 0 Å². The molecule has 3 aromatic carbocycles. The molecule has 5 heteroatoms. The highest BCUT2D eigenvalue weighted by molar-refractivity contribution is 9.10. The maximum Gasteiger partial charge on any atom is 0.175 e. The number of ether oxygens (including phenoxy) is 2. The maximum absolute atomic E-state index is 6.39. The summed E-state index contributed by atoms with van der Waals surface area (Å²) in [7, 11) is 1.69. The summed E-state index contributed by atoms with van der Waals surface area (Å²) >= 11 is 10.1. The van der Waals surface area contributed by atoms with Crippen molar-refractivity contribution in [1.82, 2.24) is 0 Å². The van der Waals surface area contributed by atoms with Crippen LogP contribution in [-0.2, 0) is 6.61 Å². The fraction of sp³-hybridized carbons (Fsp3) is 0.259. The molecular weight excluding hydrogens is 486 g/mol. The Bertz CT molecular complexity index is 1180. The van der Waals surface area contributed by atoms with Crippen LogP contribution in [0.4, 0.5) is 5.69 Å². The first kappa shape index (κ1) is 21.4. The van der Waals surface area contributed by atoms with Crippen LogP contribution < -0.4 is 14.8 Å². The minimum atomic E-state index is 0.163. The van der Waals surface area contributed by atoms with Gasteiger partial charge in [-0.25, -0.2) is 0 Å². The third-order valence-electron chi connectivity index (χ3n) is 6.47. The van der Waals surface area contributed by atoms with Crippen LogP contribution in [-0.4, -0.2) is 7.11 Å². The van der Waals surface area contributed by atoms with Crippen LogP contribution in [0, 0.1) is 12.8 Å². The zero-order valence-electron chi connectivity index (χ0n) is 18.1. The van der Waals surface area contributed by atoms with E-state index in [1.807, 2.05) is 24.3 Å². The van der Waals surface area contributed by atoms with E-state index in [4.69, 9.17) is 21.1 Å². The Morgan fingerprint density at radius 1 is 1.12 bits per heavy atom. The molecule has 0 radical (unpaired) electrons. The van der Waals surface area contributed by atoms with Crippen molar-refractivity contribution in [3.05, 3.63) is 98.5 Å². The predicted octanol–water partition coefficient (Wildman–Crippen LogP) is 7.83. The van der Waals surface area contributed by atoms with Crippen LogP contribution in [0.25, 0.3) is 0 Å². The van der Waals surface area contributed by atoms with E-state index in [1.54, 1.807) is 7.11 Å². The molecule has 1 aliphatic heterocycles. The first-order valence-corrected chi connectivity index (χ1v) is 12.0.